The smallest absolute Gasteiger partial charge is 0.116 e. The zero-order valence-electron chi connectivity index (χ0n) is 9.61. The first kappa shape index (κ1) is 10.5. The Kier molecular flexibility index (Phi) is 2.72. The largest absolute Gasteiger partial charge is 0.326 e. The summed E-state index contributed by atoms with van der Waals surface area (Å²) in [5.74, 6) is 6.22. The van der Waals surface area contributed by atoms with Gasteiger partial charge in [-0.25, -0.2) is 15.0 Å². The molecule has 0 radical (unpaired) electrons. The van der Waals surface area contributed by atoms with E-state index in [0.717, 1.165) is 16.5 Å². The molecule has 2 heterocycles. The number of imidazole rings is 1. The van der Waals surface area contributed by atoms with E-state index >= 15 is 0 Å². The Morgan fingerprint density at radius 1 is 1.22 bits per heavy atom. The molecule has 0 bridgehead atoms. The van der Waals surface area contributed by atoms with Crippen LogP contribution < -0.4 is 0 Å². The van der Waals surface area contributed by atoms with Crippen LogP contribution in [0.3, 0.4) is 0 Å². The number of hydrogen-bond donors (Lipinski definition) is 0. The van der Waals surface area contributed by atoms with Crippen molar-refractivity contribution in [3.05, 3.63) is 55.0 Å². The summed E-state index contributed by atoms with van der Waals surface area (Å²) in [5, 5.41) is 1.01. The van der Waals surface area contributed by atoms with Crippen LogP contribution in [0.15, 0.2) is 49.4 Å². The Morgan fingerprint density at radius 2 is 2.22 bits per heavy atom. The average molecular weight is 234 g/mol. The fourth-order valence-electron chi connectivity index (χ4n) is 1.68. The molecule has 0 atom stereocenters. The topological polar surface area (TPSA) is 43.6 Å². The van der Waals surface area contributed by atoms with Crippen LogP contribution in [0.25, 0.3) is 10.9 Å². The fraction of sp³-hybridized carbons (Fsp3) is 0.0714. The van der Waals surface area contributed by atoms with Gasteiger partial charge in [-0.1, -0.05) is 11.8 Å². The highest BCUT2D eigenvalue weighted by molar-refractivity contribution is 5.78. The van der Waals surface area contributed by atoms with Crippen molar-refractivity contribution in [2.45, 2.75) is 6.54 Å². The van der Waals surface area contributed by atoms with E-state index in [1.165, 1.54) is 0 Å². The summed E-state index contributed by atoms with van der Waals surface area (Å²) < 4.78 is 1.93. The fourth-order valence-corrected chi connectivity index (χ4v) is 1.68. The van der Waals surface area contributed by atoms with Crippen molar-refractivity contribution in [3.63, 3.8) is 0 Å². The number of hydrogen-bond acceptors (Lipinski definition) is 3. The van der Waals surface area contributed by atoms with E-state index < -0.39 is 0 Å². The van der Waals surface area contributed by atoms with Gasteiger partial charge in [0.2, 0.25) is 0 Å². The van der Waals surface area contributed by atoms with Gasteiger partial charge in [-0.3, -0.25) is 0 Å². The first-order valence-corrected chi connectivity index (χ1v) is 5.56. The maximum Gasteiger partial charge on any atom is 0.116 e. The molecule has 0 saturated heterocycles. The molecule has 0 amide bonds. The number of benzene rings is 1. The monoisotopic (exact) mass is 234 g/mol. The van der Waals surface area contributed by atoms with Crippen molar-refractivity contribution < 1.29 is 0 Å². The van der Waals surface area contributed by atoms with Crippen LogP contribution in [0.2, 0.25) is 0 Å². The van der Waals surface area contributed by atoms with E-state index in [2.05, 4.69) is 26.8 Å². The molecular formula is C14H10N4. The Labute approximate surface area is 104 Å². The molecule has 86 valence electrons. The Morgan fingerprint density at radius 3 is 3.11 bits per heavy atom. The van der Waals surface area contributed by atoms with E-state index in [0.29, 0.717) is 6.54 Å². The summed E-state index contributed by atoms with van der Waals surface area (Å²) in [5.41, 5.74) is 1.91. The van der Waals surface area contributed by atoms with Gasteiger partial charge in [0, 0.05) is 29.5 Å². The Hall–Kier alpha value is -2.67. The van der Waals surface area contributed by atoms with Crippen LogP contribution in [0.1, 0.15) is 5.56 Å². The lowest BCUT2D eigenvalue weighted by molar-refractivity contribution is 0.840. The molecule has 4 nitrogen and oxygen atoms in total. The molecule has 1 aromatic carbocycles. The number of fused-ring (bicyclic) bond motifs is 1. The molecule has 2 aromatic heterocycles. The van der Waals surface area contributed by atoms with Crippen LogP contribution in [0.4, 0.5) is 0 Å². The highest BCUT2D eigenvalue weighted by Crippen LogP contribution is 2.11. The quantitative estimate of drug-likeness (QED) is 0.604. The van der Waals surface area contributed by atoms with Crippen LogP contribution in [0.5, 0.6) is 0 Å². The van der Waals surface area contributed by atoms with E-state index in [-0.39, 0.29) is 0 Å². The summed E-state index contributed by atoms with van der Waals surface area (Å²) in [4.78, 5) is 12.1. The molecule has 4 heteroatoms. The molecule has 0 spiro atoms. The Bertz CT molecular complexity index is 720. The normalized spacial score (nSPS) is 10.0. The Balaban J connectivity index is 1.84. The van der Waals surface area contributed by atoms with E-state index in [1.54, 1.807) is 25.0 Å². The summed E-state index contributed by atoms with van der Waals surface area (Å²) in [7, 11) is 0. The van der Waals surface area contributed by atoms with Crippen molar-refractivity contribution in [2.24, 2.45) is 0 Å². The third kappa shape index (κ3) is 2.20. The van der Waals surface area contributed by atoms with Crippen molar-refractivity contribution in [3.8, 4) is 11.8 Å². The van der Waals surface area contributed by atoms with Crippen LogP contribution >= 0.6 is 0 Å². The van der Waals surface area contributed by atoms with Crippen LogP contribution in [-0.4, -0.2) is 19.5 Å². The lowest BCUT2D eigenvalue weighted by atomic mass is 10.1. The summed E-state index contributed by atoms with van der Waals surface area (Å²) in [6.07, 6.45) is 8.73. The second kappa shape index (κ2) is 4.68. The van der Waals surface area contributed by atoms with E-state index in [4.69, 9.17) is 0 Å². The molecular weight excluding hydrogens is 224 g/mol. The molecule has 3 rings (SSSR count). The van der Waals surface area contributed by atoms with Crippen LogP contribution in [-0.2, 0) is 6.54 Å². The maximum absolute atomic E-state index is 4.17. The summed E-state index contributed by atoms with van der Waals surface area (Å²) >= 11 is 0. The minimum absolute atomic E-state index is 0.642. The molecule has 0 aliphatic carbocycles. The first-order valence-electron chi connectivity index (χ1n) is 5.56. The summed E-state index contributed by atoms with van der Waals surface area (Å²) in [6.45, 7) is 0.642. The lowest BCUT2D eigenvalue weighted by Gasteiger charge is -1.96. The van der Waals surface area contributed by atoms with Crippen LogP contribution in [0, 0.1) is 11.8 Å². The number of nitrogens with zero attached hydrogens (tertiary/aromatic N) is 4. The third-order valence-electron chi connectivity index (χ3n) is 2.56. The van der Waals surface area contributed by atoms with E-state index in [9.17, 15) is 0 Å². The maximum atomic E-state index is 4.17. The standard InChI is InChI=1S/C14H10N4/c1(6-18-7-5-15-11-18)2-12-3-4-14-13(8-12)9-16-10-17-14/h3-5,7-11H,6H2. The van der Waals surface area contributed by atoms with E-state index in [1.807, 2.05) is 29.0 Å². The summed E-state index contributed by atoms with van der Waals surface area (Å²) in [6, 6.07) is 5.92. The SMILES string of the molecule is C(#Cc1ccc2ncncc2c1)Cn1ccnc1. The van der Waals surface area contributed by atoms with Gasteiger partial charge in [0.1, 0.15) is 6.33 Å². The molecule has 0 unspecified atom stereocenters. The van der Waals surface area contributed by atoms with Gasteiger partial charge >= 0.3 is 0 Å². The highest BCUT2D eigenvalue weighted by Gasteiger charge is 1.94. The molecule has 0 aliphatic rings. The minimum Gasteiger partial charge on any atom is -0.326 e. The third-order valence-corrected chi connectivity index (χ3v) is 2.56. The van der Waals surface area contributed by atoms with Gasteiger partial charge in [0.05, 0.1) is 18.4 Å². The lowest BCUT2D eigenvalue weighted by Crippen LogP contribution is -1.90. The second-order valence-corrected chi connectivity index (χ2v) is 3.83. The van der Waals surface area contributed by atoms with Gasteiger partial charge < -0.3 is 4.57 Å². The molecule has 0 aliphatic heterocycles. The average Bonchev–Trinajstić information content (AvgIpc) is 2.92. The second-order valence-electron chi connectivity index (χ2n) is 3.83. The van der Waals surface area contributed by atoms with Gasteiger partial charge in [0.25, 0.3) is 0 Å². The minimum atomic E-state index is 0.642. The van der Waals surface area contributed by atoms with Crippen molar-refractivity contribution in [1.29, 1.82) is 0 Å². The van der Waals surface area contributed by atoms with Gasteiger partial charge in [-0.2, -0.15) is 0 Å². The highest BCUT2D eigenvalue weighted by atomic mass is 15.0. The molecule has 0 fully saturated rings. The zero-order valence-corrected chi connectivity index (χ0v) is 9.61. The van der Waals surface area contributed by atoms with Crippen molar-refractivity contribution in [1.82, 2.24) is 19.5 Å². The number of rotatable bonds is 1. The molecule has 18 heavy (non-hydrogen) atoms. The first-order chi connectivity index (χ1) is 8.92. The molecule has 0 saturated carbocycles. The van der Waals surface area contributed by atoms with Crippen molar-refractivity contribution >= 4 is 10.9 Å². The van der Waals surface area contributed by atoms with Gasteiger partial charge in [-0.05, 0) is 18.2 Å². The molecule has 0 N–H and O–H groups in total. The molecule has 3 aromatic rings. The van der Waals surface area contributed by atoms with Gasteiger partial charge in [0.15, 0.2) is 0 Å². The zero-order chi connectivity index (χ0) is 12.2. The predicted octanol–water partition coefficient (Wildman–Crippen LogP) is 1.88. The van der Waals surface area contributed by atoms with Gasteiger partial charge in [-0.15, -0.1) is 0 Å². The predicted molar refractivity (Wildman–Crippen MR) is 68.6 cm³/mol. The van der Waals surface area contributed by atoms with Crippen molar-refractivity contribution in [2.75, 3.05) is 0 Å². The number of aromatic nitrogens is 4.